The molecule has 2 aromatic heterocycles. The Bertz CT molecular complexity index is 1180. The molecule has 1 aliphatic rings. The Hall–Kier alpha value is -4.15. The molecular weight excluding hydrogens is 430 g/mol. The normalized spacial score (nSPS) is 13.5. The monoisotopic (exact) mass is 453 g/mol. The van der Waals surface area contributed by atoms with E-state index in [1.165, 1.54) is 29.1 Å². The lowest BCUT2D eigenvalue weighted by Crippen LogP contribution is -2.37. The summed E-state index contributed by atoms with van der Waals surface area (Å²) in [6.45, 7) is 1.26. The van der Waals surface area contributed by atoms with Gasteiger partial charge in [0.15, 0.2) is 11.5 Å². The molecule has 0 radical (unpaired) electrons. The number of furan rings is 1. The summed E-state index contributed by atoms with van der Waals surface area (Å²) in [4.78, 5) is 38.0. The first-order valence-electron chi connectivity index (χ1n) is 10.5. The molecule has 2 amide bonds. The van der Waals surface area contributed by atoms with Crippen LogP contribution in [0.1, 0.15) is 46.1 Å². The van der Waals surface area contributed by atoms with E-state index in [0.29, 0.717) is 30.2 Å². The van der Waals surface area contributed by atoms with Crippen LogP contribution in [0.25, 0.3) is 0 Å². The molecule has 172 valence electrons. The van der Waals surface area contributed by atoms with Crippen LogP contribution < -0.4 is 10.1 Å². The van der Waals surface area contributed by atoms with Gasteiger partial charge in [0.2, 0.25) is 0 Å². The summed E-state index contributed by atoms with van der Waals surface area (Å²) in [5.74, 6) is -0.303. The van der Waals surface area contributed by atoms with Gasteiger partial charge in [-0.25, -0.2) is 0 Å². The fourth-order valence-corrected chi connectivity index (χ4v) is 3.67. The number of hydrogen-bond acceptors (Lipinski definition) is 7. The zero-order chi connectivity index (χ0) is 23.4. The quantitative estimate of drug-likeness (QED) is 0.428. The van der Waals surface area contributed by atoms with Crippen LogP contribution in [0.2, 0.25) is 0 Å². The van der Waals surface area contributed by atoms with Crippen molar-refractivity contribution in [1.82, 2.24) is 14.7 Å². The van der Waals surface area contributed by atoms with Gasteiger partial charge in [-0.2, -0.15) is 5.10 Å². The highest BCUT2D eigenvalue weighted by Gasteiger charge is 2.26. The predicted molar refractivity (Wildman–Crippen MR) is 117 cm³/mol. The number of nitro benzene ring substituents is 1. The Kier molecular flexibility index (Phi) is 6.38. The van der Waals surface area contributed by atoms with Gasteiger partial charge in [-0.1, -0.05) is 12.1 Å². The number of amides is 2. The molecule has 11 heteroatoms. The van der Waals surface area contributed by atoms with E-state index >= 15 is 0 Å². The molecule has 4 rings (SSSR count). The van der Waals surface area contributed by atoms with E-state index in [0.717, 1.165) is 19.3 Å². The number of para-hydroxylation sites is 2. The van der Waals surface area contributed by atoms with Crippen LogP contribution in [0, 0.1) is 10.1 Å². The Morgan fingerprint density at radius 3 is 2.70 bits per heavy atom. The maximum atomic E-state index is 12.9. The summed E-state index contributed by atoms with van der Waals surface area (Å²) in [5, 5.41) is 17.9. The van der Waals surface area contributed by atoms with Gasteiger partial charge in [0.25, 0.3) is 11.8 Å². The van der Waals surface area contributed by atoms with E-state index in [-0.39, 0.29) is 29.7 Å². The highest BCUT2D eigenvalue weighted by Crippen LogP contribution is 2.27. The zero-order valence-electron chi connectivity index (χ0n) is 18.0. The third-order valence-electron chi connectivity index (χ3n) is 5.35. The Labute approximate surface area is 189 Å². The van der Waals surface area contributed by atoms with Crippen molar-refractivity contribution in [2.45, 2.75) is 25.9 Å². The largest absolute Gasteiger partial charge is 0.479 e. The minimum Gasteiger partial charge on any atom is -0.479 e. The molecule has 1 aromatic carbocycles. The lowest BCUT2D eigenvalue weighted by Gasteiger charge is -2.27. The van der Waals surface area contributed by atoms with Gasteiger partial charge >= 0.3 is 5.69 Å². The minimum absolute atomic E-state index is 0.0105. The third-order valence-corrected chi connectivity index (χ3v) is 5.35. The number of hydrogen-bond donors (Lipinski definition) is 1. The van der Waals surface area contributed by atoms with Crippen LogP contribution >= 0.6 is 0 Å². The van der Waals surface area contributed by atoms with Gasteiger partial charge in [-0.05, 0) is 37.5 Å². The molecule has 33 heavy (non-hydrogen) atoms. The van der Waals surface area contributed by atoms with Gasteiger partial charge in [-0.3, -0.25) is 24.4 Å². The maximum absolute atomic E-state index is 12.9. The second-order valence-electron chi connectivity index (χ2n) is 7.62. The predicted octanol–water partition coefficient (Wildman–Crippen LogP) is 3.38. The van der Waals surface area contributed by atoms with Crippen molar-refractivity contribution >= 4 is 23.2 Å². The fraction of sp³-hybridized carbons (Fsp3) is 0.318. The lowest BCUT2D eigenvalue weighted by molar-refractivity contribution is -0.386. The molecule has 0 bridgehead atoms. The lowest BCUT2D eigenvalue weighted by atomic mass is 10.1. The van der Waals surface area contributed by atoms with Crippen LogP contribution in [0.3, 0.4) is 0 Å². The van der Waals surface area contributed by atoms with Gasteiger partial charge in [0, 0.05) is 26.2 Å². The second-order valence-corrected chi connectivity index (χ2v) is 7.62. The summed E-state index contributed by atoms with van der Waals surface area (Å²) in [6, 6.07) is 9.01. The van der Waals surface area contributed by atoms with Crippen molar-refractivity contribution in [2.24, 2.45) is 7.05 Å². The first kappa shape index (κ1) is 22.1. The van der Waals surface area contributed by atoms with Crippen LogP contribution in [0.15, 0.2) is 47.0 Å². The van der Waals surface area contributed by atoms with Crippen LogP contribution in [-0.4, -0.2) is 44.5 Å². The summed E-state index contributed by atoms with van der Waals surface area (Å²) >= 11 is 0. The van der Waals surface area contributed by atoms with E-state index in [1.807, 2.05) is 0 Å². The van der Waals surface area contributed by atoms with Crippen molar-refractivity contribution in [3.05, 3.63) is 69.9 Å². The van der Waals surface area contributed by atoms with Crippen molar-refractivity contribution in [2.75, 3.05) is 18.4 Å². The number of carbonyl (C=O) groups is 2. The number of rotatable bonds is 7. The number of aryl methyl sites for hydroxylation is 1. The molecule has 0 aliphatic carbocycles. The number of nitro groups is 1. The molecule has 0 unspecified atom stereocenters. The zero-order valence-corrected chi connectivity index (χ0v) is 18.0. The SMILES string of the molecule is Cn1ncc(NC(=O)c2ccc(COc3ccccc3[N+](=O)[O-])o2)c1C(=O)N1CCCCC1. The highest BCUT2D eigenvalue weighted by molar-refractivity contribution is 6.07. The van der Waals surface area contributed by atoms with Crippen molar-refractivity contribution in [3.63, 3.8) is 0 Å². The van der Waals surface area contributed by atoms with Gasteiger partial charge in [0.05, 0.1) is 16.8 Å². The highest BCUT2D eigenvalue weighted by atomic mass is 16.6. The molecule has 0 atom stereocenters. The number of aromatic nitrogens is 2. The number of anilines is 1. The first-order valence-corrected chi connectivity index (χ1v) is 10.5. The average molecular weight is 453 g/mol. The Morgan fingerprint density at radius 2 is 1.94 bits per heavy atom. The van der Waals surface area contributed by atoms with E-state index in [1.54, 1.807) is 30.1 Å². The standard InChI is InChI=1S/C22H23N5O6/c1-25-20(22(29)26-11-5-2-6-12-26)16(13-23-25)24-21(28)19-10-9-15(33-19)14-32-18-8-4-3-7-17(18)27(30)31/h3-4,7-10,13H,2,5-6,11-12,14H2,1H3,(H,24,28). The van der Waals surface area contributed by atoms with Gasteiger partial charge < -0.3 is 19.4 Å². The fourth-order valence-electron chi connectivity index (χ4n) is 3.67. The molecule has 11 nitrogen and oxygen atoms in total. The summed E-state index contributed by atoms with van der Waals surface area (Å²) in [5.41, 5.74) is 0.438. The molecule has 1 aliphatic heterocycles. The molecule has 3 heterocycles. The first-order chi connectivity index (χ1) is 15.9. The maximum Gasteiger partial charge on any atom is 0.310 e. The van der Waals surface area contributed by atoms with E-state index < -0.39 is 10.8 Å². The molecule has 0 saturated carbocycles. The number of likely N-dealkylation sites (tertiary alicyclic amines) is 1. The van der Waals surface area contributed by atoms with Crippen LogP contribution in [0.4, 0.5) is 11.4 Å². The van der Waals surface area contributed by atoms with Crippen molar-refractivity contribution < 1.29 is 23.7 Å². The van der Waals surface area contributed by atoms with E-state index in [9.17, 15) is 19.7 Å². The summed E-state index contributed by atoms with van der Waals surface area (Å²) < 4.78 is 12.5. The number of carbonyl (C=O) groups excluding carboxylic acids is 2. The van der Waals surface area contributed by atoms with Crippen LogP contribution in [0.5, 0.6) is 5.75 Å². The van der Waals surface area contributed by atoms with Gasteiger partial charge in [-0.15, -0.1) is 0 Å². The summed E-state index contributed by atoms with van der Waals surface area (Å²) in [7, 11) is 1.65. The second kappa shape index (κ2) is 9.55. The molecule has 0 spiro atoms. The Balaban J connectivity index is 1.43. The van der Waals surface area contributed by atoms with E-state index in [2.05, 4.69) is 10.4 Å². The number of nitrogens with zero attached hydrogens (tertiary/aromatic N) is 4. The number of nitrogens with one attached hydrogen (secondary N) is 1. The number of benzene rings is 1. The third kappa shape index (κ3) is 4.86. The number of piperidine rings is 1. The molecule has 1 N–H and O–H groups in total. The minimum atomic E-state index is -0.548. The topological polar surface area (TPSA) is 133 Å². The van der Waals surface area contributed by atoms with Crippen molar-refractivity contribution in [3.8, 4) is 5.75 Å². The molecule has 1 fully saturated rings. The average Bonchev–Trinajstić information content (AvgIpc) is 3.44. The molecule has 3 aromatic rings. The number of ether oxygens (including phenoxy) is 1. The van der Waals surface area contributed by atoms with Crippen molar-refractivity contribution in [1.29, 1.82) is 0 Å². The van der Waals surface area contributed by atoms with Crippen LogP contribution in [-0.2, 0) is 13.7 Å². The van der Waals surface area contributed by atoms with E-state index in [4.69, 9.17) is 9.15 Å². The van der Waals surface area contributed by atoms with Gasteiger partial charge in [0.1, 0.15) is 18.1 Å². The smallest absolute Gasteiger partial charge is 0.310 e. The molecule has 1 saturated heterocycles. The molecular formula is C22H23N5O6. The Morgan fingerprint density at radius 1 is 1.18 bits per heavy atom. The summed E-state index contributed by atoms with van der Waals surface area (Å²) in [6.07, 6.45) is 4.43.